The van der Waals surface area contributed by atoms with Crippen molar-refractivity contribution in [2.45, 2.75) is 6.42 Å². The summed E-state index contributed by atoms with van der Waals surface area (Å²) in [5.74, 6) is -0.679. The topological polar surface area (TPSA) is 103 Å². The Kier molecular flexibility index (Phi) is 6.01. The summed E-state index contributed by atoms with van der Waals surface area (Å²) in [6.45, 7) is 0. The quantitative estimate of drug-likeness (QED) is 0.695. The molecule has 8 nitrogen and oxygen atoms in total. The van der Waals surface area contributed by atoms with Crippen molar-refractivity contribution in [2.75, 3.05) is 32.0 Å². The minimum absolute atomic E-state index is 0.242. The molecule has 8 heteroatoms. The number of hydrogen-bond donors (Lipinski definition) is 2. The van der Waals surface area contributed by atoms with E-state index in [4.69, 9.17) is 9.47 Å². The summed E-state index contributed by atoms with van der Waals surface area (Å²) in [5, 5.41) is 5.56. The normalized spacial score (nSPS) is 17.1. The van der Waals surface area contributed by atoms with Gasteiger partial charge in [-0.1, -0.05) is 0 Å². The smallest absolute Gasteiger partial charge is 0.337 e. The van der Waals surface area contributed by atoms with Crippen LogP contribution in [0.25, 0.3) is 0 Å². The molecule has 1 fully saturated rings. The number of anilines is 2. The molecule has 0 bridgehead atoms. The van der Waals surface area contributed by atoms with Gasteiger partial charge in [0.25, 0.3) is 0 Å². The van der Waals surface area contributed by atoms with Gasteiger partial charge in [-0.05, 0) is 42.8 Å². The van der Waals surface area contributed by atoms with Crippen molar-refractivity contribution in [3.8, 4) is 11.5 Å². The first-order valence-electron chi connectivity index (χ1n) is 8.99. The Balaban J connectivity index is 1.58. The second-order valence-corrected chi connectivity index (χ2v) is 6.56. The fourth-order valence-corrected chi connectivity index (χ4v) is 2.95. The third kappa shape index (κ3) is 4.66. The van der Waals surface area contributed by atoms with Crippen LogP contribution in [0.15, 0.2) is 42.5 Å². The highest BCUT2D eigenvalue weighted by molar-refractivity contribution is 6.04. The van der Waals surface area contributed by atoms with Crippen molar-refractivity contribution in [1.29, 1.82) is 0 Å². The minimum atomic E-state index is -0.449. The standard InChI is InChI=1S/C21H22N2O6/c1-27-14-8-9-18(28-2)17(10-14)23-20(25)16-11-15(16)19(24)22-13-6-4-12(5-7-13)21(26)29-3/h4-10,15-16H,11H2,1-3H3,(H,22,24)(H,23,25). The molecule has 0 aromatic heterocycles. The summed E-state index contributed by atoms with van der Waals surface area (Å²) in [6, 6.07) is 11.4. The maximum absolute atomic E-state index is 12.5. The molecule has 2 N–H and O–H groups in total. The molecular formula is C21H22N2O6. The zero-order chi connectivity index (χ0) is 21.0. The highest BCUT2D eigenvalue weighted by atomic mass is 16.5. The first kappa shape index (κ1) is 20.2. The summed E-state index contributed by atoms with van der Waals surface area (Å²) in [6.07, 6.45) is 0.462. The molecule has 2 atom stereocenters. The third-order valence-electron chi connectivity index (χ3n) is 4.70. The molecule has 0 saturated heterocycles. The van der Waals surface area contributed by atoms with Gasteiger partial charge in [0.05, 0.1) is 44.4 Å². The lowest BCUT2D eigenvalue weighted by Crippen LogP contribution is -2.20. The highest BCUT2D eigenvalue weighted by Gasteiger charge is 2.48. The Morgan fingerprint density at radius 2 is 1.52 bits per heavy atom. The SMILES string of the molecule is COC(=O)c1ccc(NC(=O)C2CC2C(=O)Nc2cc(OC)ccc2OC)cc1. The van der Waals surface area contributed by atoms with Gasteiger partial charge in [0.1, 0.15) is 11.5 Å². The average molecular weight is 398 g/mol. The number of carbonyl (C=O) groups excluding carboxylic acids is 3. The van der Waals surface area contributed by atoms with Gasteiger partial charge in [-0.2, -0.15) is 0 Å². The fourth-order valence-electron chi connectivity index (χ4n) is 2.95. The summed E-state index contributed by atoms with van der Waals surface area (Å²) < 4.78 is 15.1. The molecule has 2 amide bonds. The highest BCUT2D eigenvalue weighted by Crippen LogP contribution is 2.41. The Labute approximate surface area is 168 Å². The van der Waals surface area contributed by atoms with Crippen LogP contribution in [-0.4, -0.2) is 39.1 Å². The van der Waals surface area contributed by atoms with Crippen LogP contribution in [0.3, 0.4) is 0 Å². The summed E-state index contributed by atoms with van der Waals surface area (Å²) >= 11 is 0. The van der Waals surface area contributed by atoms with Crippen molar-refractivity contribution in [3.05, 3.63) is 48.0 Å². The molecule has 2 unspecified atom stereocenters. The van der Waals surface area contributed by atoms with E-state index in [-0.39, 0.29) is 11.8 Å². The number of carbonyl (C=O) groups is 3. The molecule has 1 saturated carbocycles. The molecule has 29 heavy (non-hydrogen) atoms. The second-order valence-electron chi connectivity index (χ2n) is 6.56. The van der Waals surface area contributed by atoms with Crippen molar-refractivity contribution >= 4 is 29.2 Å². The maximum atomic E-state index is 12.5. The van der Waals surface area contributed by atoms with Crippen LogP contribution < -0.4 is 20.1 Å². The predicted molar refractivity (Wildman–Crippen MR) is 106 cm³/mol. The molecule has 1 aliphatic rings. The Bertz CT molecular complexity index is 925. The maximum Gasteiger partial charge on any atom is 0.337 e. The number of amides is 2. The monoisotopic (exact) mass is 398 g/mol. The molecule has 2 aromatic rings. The van der Waals surface area contributed by atoms with Gasteiger partial charge < -0.3 is 24.8 Å². The molecule has 152 valence electrons. The van der Waals surface area contributed by atoms with Gasteiger partial charge in [-0.25, -0.2) is 4.79 Å². The second kappa shape index (κ2) is 8.64. The van der Waals surface area contributed by atoms with Crippen LogP contribution in [0.2, 0.25) is 0 Å². The van der Waals surface area contributed by atoms with E-state index in [1.54, 1.807) is 42.5 Å². The van der Waals surface area contributed by atoms with Crippen molar-refractivity contribution in [1.82, 2.24) is 0 Å². The molecule has 2 aromatic carbocycles. The number of rotatable bonds is 7. The van der Waals surface area contributed by atoms with Gasteiger partial charge >= 0.3 is 5.97 Å². The zero-order valence-electron chi connectivity index (χ0n) is 16.4. The number of methoxy groups -OCH3 is 3. The van der Waals surface area contributed by atoms with E-state index in [0.717, 1.165) is 0 Å². The largest absolute Gasteiger partial charge is 0.497 e. The van der Waals surface area contributed by atoms with E-state index in [0.29, 0.717) is 34.9 Å². The van der Waals surface area contributed by atoms with Crippen molar-refractivity contribution < 1.29 is 28.6 Å². The lowest BCUT2D eigenvalue weighted by Gasteiger charge is -2.12. The summed E-state index contributed by atoms with van der Waals surface area (Å²) in [4.78, 5) is 36.4. The van der Waals surface area contributed by atoms with Gasteiger partial charge in [0, 0.05) is 11.8 Å². The van der Waals surface area contributed by atoms with Crippen molar-refractivity contribution in [2.24, 2.45) is 11.8 Å². The molecule has 0 aliphatic heterocycles. The van der Waals surface area contributed by atoms with E-state index in [1.165, 1.54) is 21.3 Å². The number of benzene rings is 2. The molecule has 0 heterocycles. The summed E-state index contributed by atoms with van der Waals surface area (Å²) in [7, 11) is 4.35. The Morgan fingerprint density at radius 1 is 0.862 bits per heavy atom. The van der Waals surface area contributed by atoms with Gasteiger partial charge in [0.15, 0.2) is 0 Å². The van der Waals surface area contributed by atoms with Crippen LogP contribution in [-0.2, 0) is 14.3 Å². The van der Waals surface area contributed by atoms with Crippen LogP contribution in [0.4, 0.5) is 11.4 Å². The Hall–Kier alpha value is -3.55. The Morgan fingerprint density at radius 3 is 2.10 bits per heavy atom. The van der Waals surface area contributed by atoms with Crippen molar-refractivity contribution in [3.63, 3.8) is 0 Å². The molecular weight excluding hydrogens is 376 g/mol. The molecule has 0 spiro atoms. The summed E-state index contributed by atoms with van der Waals surface area (Å²) in [5.41, 5.74) is 1.42. The van der Waals surface area contributed by atoms with Gasteiger partial charge in [-0.15, -0.1) is 0 Å². The van der Waals surface area contributed by atoms with Crippen LogP contribution in [0.5, 0.6) is 11.5 Å². The lowest BCUT2D eigenvalue weighted by atomic mass is 10.2. The zero-order valence-corrected chi connectivity index (χ0v) is 16.4. The molecule has 1 aliphatic carbocycles. The molecule has 3 rings (SSSR count). The van der Waals surface area contributed by atoms with Gasteiger partial charge in [0.2, 0.25) is 11.8 Å². The number of nitrogens with one attached hydrogen (secondary N) is 2. The van der Waals surface area contributed by atoms with E-state index >= 15 is 0 Å². The number of hydrogen-bond acceptors (Lipinski definition) is 6. The van der Waals surface area contributed by atoms with Gasteiger partial charge in [-0.3, -0.25) is 9.59 Å². The van der Waals surface area contributed by atoms with E-state index in [2.05, 4.69) is 15.4 Å². The third-order valence-corrected chi connectivity index (χ3v) is 4.70. The average Bonchev–Trinajstić information content (AvgIpc) is 3.55. The van der Waals surface area contributed by atoms with Crippen LogP contribution >= 0.6 is 0 Å². The first-order valence-corrected chi connectivity index (χ1v) is 8.99. The number of ether oxygens (including phenoxy) is 3. The minimum Gasteiger partial charge on any atom is -0.497 e. The van der Waals surface area contributed by atoms with E-state index in [1.807, 2.05) is 0 Å². The number of esters is 1. The van der Waals surface area contributed by atoms with E-state index < -0.39 is 17.8 Å². The predicted octanol–water partition coefficient (Wildman–Crippen LogP) is 2.70. The first-order chi connectivity index (χ1) is 14.0. The van der Waals surface area contributed by atoms with Crippen LogP contribution in [0.1, 0.15) is 16.8 Å². The molecule has 0 radical (unpaired) electrons. The fraction of sp³-hybridized carbons (Fsp3) is 0.286. The lowest BCUT2D eigenvalue weighted by molar-refractivity contribution is -0.122. The van der Waals surface area contributed by atoms with E-state index in [9.17, 15) is 14.4 Å². The van der Waals surface area contributed by atoms with Crippen LogP contribution in [0, 0.1) is 11.8 Å².